The fourth-order valence-corrected chi connectivity index (χ4v) is 0.881. The first-order valence-electron chi connectivity index (χ1n) is 3.67. The Morgan fingerprint density at radius 2 is 1.83 bits per heavy atom. The van der Waals surface area contributed by atoms with Crippen molar-refractivity contribution < 1.29 is 4.79 Å². The number of rotatable bonds is 2. The van der Waals surface area contributed by atoms with Gasteiger partial charge in [0, 0.05) is 11.3 Å². The zero-order valence-corrected chi connectivity index (χ0v) is 7.00. The van der Waals surface area contributed by atoms with Gasteiger partial charge < -0.3 is 5.73 Å². The third-order valence-corrected chi connectivity index (χ3v) is 1.56. The van der Waals surface area contributed by atoms with Crippen LogP contribution in [0.3, 0.4) is 0 Å². The highest BCUT2D eigenvalue weighted by molar-refractivity contribution is 6.07. The quantitative estimate of drug-likeness (QED) is 0.409. The van der Waals surface area contributed by atoms with E-state index in [9.17, 15) is 4.79 Å². The van der Waals surface area contributed by atoms with Crippen LogP contribution < -0.4 is 5.73 Å². The fraction of sp³-hybridized carbons (Fsp3) is 0.100. The number of hydrogen-bond donors (Lipinski definition) is 1. The van der Waals surface area contributed by atoms with E-state index in [2.05, 4.69) is 6.58 Å². The van der Waals surface area contributed by atoms with Crippen LogP contribution in [0.5, 0.6) is 0 Å². The van der Waals surface area contributed by atoms with Gasteiger partial charge in [0.15, 0.2) is 5.78 Å². The molecule has 2 nitrogen and oxygen atoms in total. The molecule has 12 heavy (non-hydrogen) atoms. The van der Waals surface area contributed by atoms with Gasteiger partial charge >= 0.3 is 0 Å². The van der Waals surface area contributed by atoms with Gasteiger partial charge in [0.1, 0.15) is 0 Å². The Hall–Kier alpha value is -1.57. The third-order valence-electron chi connectivity index (χ3n) is 1.56. The van der Waals surface area contributed by atoms with E-state index in [4.69, 9.17) is 5.73 Å². The van der Waals surface area contributed by atoms with E-state index in [1.54, 1.807) is 31.2 Å². The Labute approximate surface area is 71.7 Å². The molecule has 1 rings (SSSR count). The molecule has 0 aliphatic rings. The van der Waals surface area contributed by atoms with Crippen molar-refractivity contribution in [3.63, 3.8) is 0 Å². The van der Waals surface area contributed by atoms with E-state index in [1.165, 1.54) is 0 Å². The topological polar surface area (TPSA) is 43.1 Å². The maximum atomic E-state index is 11.3. The average Bonchev–Trinajstić information content (AvgIpc) is 2.04. The lowest BCUT2D eigenvalue weighted by atomic mass is 10.1. The molecular formula is C10H11NO. The number of carbonyl (C=O) groups excluding carboxylic acids is 1. The number of benzene rings is 1. The number of anilines is 1. The van der Waals surface area contributed by atoms with Gasteiger partial charge in [-0.3, -0.25) is 4.79 Å². The summed E-state index contributed by atoms with van der Waals surface area (Å²) in [6.07, 6.45) is 0. The molecule has 1 aromatic carbocycles. The predicted octanol–water partition coefficient (Wildman–Crippen LogP) is 2.03. The molecule has 62 valence electrons. The predicted molar refractivity (Wildman–Crippen MR) is 50.0 cm³/mol. The molecule has 0 saturated heterocycles. The monoisotopic (exact) mass is 161 g/mol. The number of nitrogen functional groups attached to an aromatic ring is 1. The number of Topliss-reactive ketones (excluding diaryl/α,β-unsaturated/α-hetero) is 1. The van der Waals surface area contributed by atoms with Crippen molar-refractivity contribution in [2.75, 3.05) is 5.73 Å². The molecular weight excluding hydrogens is 150 g/mol. The molecule has 1 aromatic rings. The van der Waals surface area contributed by atoms with Crippen molar-refractivity contribution >= 4 is 11.5 Å². The Morgan fingerprint density at radius 1 is 1.33 bits per heavy atom. The normalized spacial score (nSPS) is 9.42. The van der Waals surface area contributed by atoms with Crippen LogP contribution >= 0.6 is 0 Å². The number of nitrogens with two attached hydrogens (primary N) is 1. The molecule has 0 aromatic heterocycles. The molecule has 0 aliphatic heterocycles. The summed E-state index contributed by atoms with van der Waals surface area (Å²) in [5, 5.41) is 0. The van der Waals surface area contributed by atoms with Crippen LogP contribution in [0.15, 0.2) is 36.4 Å². The summed E-state index contributed by atoms with van der Waals surface area (Å²) in [5.74, 6) is -0.0324. The Morgan fingerprint density at radius 3 is 2.25 bits per heavy atom. The Kier molecular flexibility index (Phi) is 2.29. The van der Waals surface area contributed by atoms with Crippen molar-refractivity contribution in [3.05, 3.63) is 42.0 Å². The summed E-state index contributed by atoms with van der Waals surface area (Å²) in [7, 11) is 0. The first-order valence-corrected chi connectivity index (χ1v) is 3.67. The minimum Gasteiger partial charge on any atom is -0.399 e. The highest BCUT2D eigenvalue weighted by Crippen LogP contribution is 2.09. The maximum Gasteiger partial charge on any atom is 0.188 e. The second kappa shape index (κ2) is 3.22. The Bertz CT molecular complexity index is 311. The number of ketones is 1. The number of carbonyl (C=O) groups is 1. The molecule has 0 bridgehead atoms. The van der Waals surface area contributed by atoms with Crippen LogP contribution in [0, 0.1) is 0 Å². The maximum absolute atomic E-state index is 11.3. The van der Waals surface area contributed by atoms with Gasteiger partial charge in [-0.25, -0.2) is 0 Å². The van der Waals surface area contributed by atoms with Crippen LogP contribution in [-0.2, 0) is 0 Å². The summed E-state index contributed by atoms with van der Waals surface area (Å²) in [6, 6.07) is 6.81. The molecule has 0 aliphatic carbocycles. The summed E-state index contributed by atoms with van der Waals surface area (Å²) < 4.78 is 0. The highest BCUT2D eigenvalue weighted by Gasteiger charge is 2.04. The van der Waals surface area contributed by atoms with Crippen molar-refractivity contribution in [2.24, 2.45) is 0 Å². The minimum atomic E-state index is -0.0324. The van der Waals surface area contributed by atoms with Crippen molar-refractivity contribution in [1.29, 1.82) is 0 Å². The molecule has 0 radical (unpaired) electrons. The second-order valence-corrected chi connectivity index (χ2v) is 2.73. The molecule has 0 amide bonds. The molecule has 2 heteroatoms. The first kappa shape index (κ1) is 8.53. The Balaban J connectivity index is 2.98. The van der Waals surface area contributed by atoms with E-state index in [0.717, 1.165) is 0 Å². The van der Waals surface area contributed by atoms with Crippen LogP contribution in [0.1, 0.15) is 17.3 Å². The van der Waals surface area contributed by atoms with Gasteiger partial charge in [0.05, 0.1) is 0 Å². The standard InChI is InChI=1S/C10H11NO/c1-7(2)10(12)8-3-5-9(11)6-4-8/h3-6H,1,11H2,2H3. The molecule has 2 N–H and O–H groups in total. The van der Waals surface area contributed by atoms with E-state index in [0.29, 0.717) is 16.8 Å². The number of allylic oxidation sites excluding steroid dienone is 1. The smallest absolute Gasteiger partial charge is 0.188 e. The molecule has 0 fully saturated rings. The van der Waals surface area contributed by atoms with Crippen LogP contribution in [0.2, 0.25) is 0 Å². The zero-order valence-electron chi connectivity index (χ0n) is 7.00. The molecule has 0 spiro atoms. The minimum absolute atomic E-state index is 0.0324. The fourth-order valence-electron chi connectivity index (χ4n) is 0.881. The second-order valence-electron chi connectivity index (χ2n) is 2.73. The van der Waals surface area contributed by atoms with E-state index in [1.807, 2.05) is 0 Å². The van der Waals surface area contributed by atoms with Gasteiger partial charge in [0.25, 0.3) is 0 Å². The van der Waals surface area contributed by atoms with Gasteiger partial charge in [-0.05, 0) is 36.8 Å². The lowest BCUT2D eigenvalue weighted by Gasteiger charge is -1.99. The first-order chi connectivity index (χ1) is 5.61. The summed E-state index contributed by atoms with van der Waals surface area (Å²) >= 11 is 0. The van der Waals surface area contributed by atoms with Gasteiger partial charge in [-0.15, -0.1) is 0 Å². The lowest BCUT2D eigenvalue weighted by molar-refractivity contribution is 0.103. The van der Waals surface area contributed by atoms with Gasteiger partial charge in [-0.2, -0.15) is 0 Å². The van der Waals surface area contributed by atoms with E-state index in [-0.39, 0.29) is 5.78 Å². The van der Waals surface area contributed by atoms with E-state index >= 15 is 0 Å². The van der Waals surface area contributed by atoms with Crippen molar-refractivity contribution in [2.45, 2.75) is 6.92 Å². The largest absolute Gasteiger partial charge is 0.399 e. The van der Waals surface area contributed by atoms with Gasteiger partial charge in [-0.1, -0.05) is 6.58 Å². The van der Waals surface area contributed by atoms with Crippen molar-refractivity contribution in [3.8, 4) is 0 Å². The third kappa shape index (κ3) is 1.72. The van der Waals surface area contributed by atoms with Crippen LogP contribution in [0.25, 0.3) is 0 Å². The molecule has 0 heterocycles. The SMILES string of the molecule is C=C(C)C(=O)c1ccc(N)cc1. The summed E-state index contributed by atoms with van der Waals surface area (Å²) in [6.45, 7) is 5.27. The van der Waals surface area contributed by atoms with Crippen molar-refractivity contribution in [1.82, 2.24) is 0 Å². The highest BCUT2D eigenvalue weighted by atomic mass is 16.1. The lowest BCUT2D eigenvalue weighted by Crippen LogP contribution is -1.99. The zero-order chi connectivity index (χ0) is 9.14. The molecule has 0 saturated carbocycles. The summed E-state index contributed by atoms with van der Waals surface area (Å²) in [5.41, 5.74) is 7.31. The summed E-state index contributed by atoms with van der Waals surface area (Å²) in [4.78, 5) is 11.3. The molecule has 0 unspecified atom stereocenters. The van der Waals surface area contributed by atoms with Crippen LogP contribution in [0.4, 0.5) is 5.69 Å². The number of hydrogen-bond acceptors (Lipinski definition) is 2. The van der Waals surface area contributed by atoms with Crippen LogP contribution in [-0.4, -0.2) is 5.78 Å². The van der Waals surface area contributed by atoms with Gasteiger partial charge in [0.2, 0.25) is 0 Å². The molecule has 0 atom stereocenters. The van der Waals surface area contributed by atoms with E-state index < -0.39 is 0 Å². The average molecular weight is 161 g/mol.